The van der Waals surface area contributed by atoms with Gasteiger partial charge in [0.2, 0.25) is 0 Å². The highest BCUT2D eigenvalue weighted by atomic mass is 15.1. The zero-order valence-electron chi connectivity index (χ0n) is 21.9. The standard InChI is InChI=1S/C36H21N5/c1-2-8-23(9-3-1)40-32-13-5-4-10-24(32)29-17-21-16-22-18-30-28(19-26(22)27(21)20-33(29)40)25-11-6-14-37-34(25)41-35(30)39-31-12-7-15-38-36(31)41/h1-15,17-20H,16H2. The summed E-state index contributed by atoms with van der Waals surface area (Å²) in [6.45, 7) is 0. The van der Waals surface area contributed by atoms with Crippen LogP contribution in [0.3, 0.4) is 0 Å². The van der Waals surface area contributed by atoms with Gasteiger partial charge in [-0.1, -0.05) is 36.4 Å². The Hall–Kier alpha value is -5.55. The lowest BCUT2D eigenvalue weighted by atomic mass is 9.98. The van der Waals surface area contributed by atoms with E-state index >= 15 is 0 Å². The molecule has 0 fully saturated rings. The predicted octanol–water partition coefficient (Wildman–Crippen LogP) is 8.25. The number of benzene rings is 4. The number of hydrogen-bond donors (Lipinski definition) is 0. The van der Waals surface area contributed by atoms with Gasteiger partial charge in [0.25, 0.3) is 0 Å². The first-order valence-electron chi connectivity index (χ1n) is 13.9. The van der Waals surface area contributed by atoms with Crippen molar-refractivity contribution in [3.8, 4) is 16.8 Å². The molecule has 5 nitrogen and oxygen atoms in total. The molecule has 1 aliphatic carbocycles. The van der Waals surface area contributed by atoms with E-state index in [-0.39, 0.29) is 0 Å². The molecule has 41 heavy (non-hydrogen) atoms. The van der Waals surface area contributed by atoms with Gasteiger partial charge < -0.3 is 4.57 Å². The molecule has 0 unspecified atom stereocenters. The Morgan fingerprint density at radius 2 is 1.24 bits per heavy atom. The SMILES string of the molecule is c1ccc(-n2c3ccccc3c3cc4c(cc32)-c2cc3c5cccnc5n5c6ncccc6nc5c3cc2C4)cc1. The van der Waals surface area contributed by atoms with E-state index in [1.807, 2.05) is 30.6 Å². The van der Waals surface area contributed by atoms with E-state index in [1.54, 1.807) is 0 Å². The molecule has 0 radical (unpaired) electrons. The van der Waals surface area contributed by atoms with Crippen molar-refractivity contribution in [2.75, 3.05) is 0 Å². The van der Waals surface area contributed by atoms with Crippen LogP contribution in [0.1, 0.15) is 11.1 Å². The second-order valence-corrected chi connectivity index (χ2v) is 10.9. The van der Waals surface area contributed by atoms with E-state index in [1.165, 1.54) is 55.1 Å². The largest absolute Gasteiger partial charge is 0.309 e. The fraction of sp³-hybridized carbons (Fsp3) is 0.0278. The smallest absolute Gasteiger partial charge is 0.166 e. The Bertz CT molecular complexity index is 2550. The number of pyridine rings is 3. The van der Waals surface area contributed by atoms with Crippen molar-refractivity contribution in [1.82, 2.24) is 23.9 Å². The van der Waals surface area contributed by atoms with Crippen LogP contribution in [0.15, 0.2) is 116 Å². The van der Waals surface area contributed by atoms with Crippen LogP contribution < -0.4 is 0 Å². The molecule has 0 spiro atoms. The summed E-state index contributed by atoms with van der Waals surface area (Å²) < 4.78 is 4.51. The minimum Gasteiger partial charge on any atom is -0.309 e. The molecular formula is C36H21N5. The van der Waals surface area contributed by atoms with Crippen molar-refractivity contribution in [1.29, 1.82) is 0 Å². The summed E-state index contributed by atoms with van der Waals surface area (Å²) in [5, 5.41) is 5.99. The fourth-order valence-electron chi connectivity index (χ4n) is 7.05. The summed E-state index contributed by atoms with van der Waals surface area (Å²) in [6.07, 6.45) is 4.58. The lowest BCUT2D eigenvalue weighted by Crippen LogP contribution is -1.95. The molecule has 9 aromatic rings. The second-order valence-electron chi connectivity index (χ2n) is 10.9. The third kappa shape index (κ3) is 2.72. The summed E-state index contributed by atoms with van der Waals surface area (Å²) in [6, 6.07) is 37.1. The molecule has 190 valence electrons. The molecule has 0 saturated heterocycles. The van der Waals surface area contributed by atoms with Gasteiger partial charge in [0.1, 0.15) is 16.8 Å². The lowest BCUT2D eigenvalue weighted by molar-refractivity contribution is 1.18. The topological polar surface area (TPSA) is 48.0 Å². The van der Waals surface area contributed by atoms with E-state index in [4.69, 9.17) is 9.97 Å². The van der Waals surface area contributed by atoms with Gasteiger partial charge in [-0.25, -0.2) is 15.0 Å². The van der Waals surface area contributed by atoms with Gasteiger partial charge in [-0.15, -0.1) is 0 Å². The van der Waals surface area contributed by atoms with Crippen LogP contribution in [0.5, 0.6) is 0 Å². The molecule has 0 N–H and O–H groups in total. The Labute approximate surface area is 234 Å². The van der Waals surface area contributed by atoms with Gasteiger partial charge in [0, 0.05) is 39.6 Å². The van der Waals surface area contributed by atoms with E-state index in [2.05, 4.69) is 98.9 Å². The molecule has 0 amide bonds. The van der Waals surface area contributed by atoms with Gasteiger partial charge >= 0.3 is 0 Å². The van der Waals surface area contributed by atoms with Crippen LogP contribution in [0.25, 0.3) is 77.2 Å². The Morgan fingerprint density at radius 3 is 2.15 bits per heavy atom. The Morgan fingerprint density at radius 1 is 0.512 bits per heavy atom. The molecule has 1 aliphatic rings. The van der Waals surface area contributed by atoms with Gasteiger partial charge in [-0.3, -0.25) is 4.40 Å². The number of nitrogens with zero attached hydrogens (tertiary/aromatic N) is 5. The zero-order valence-corrected chi connectivity index (χ0v) is 21.9. The highest BCUT2D eigenvalue weighted by Crippen LogP contribution is 2.45. The molecule has 0 aliphatic heterocycles. The summed E-state index contributed by atoms with van der Waals surface area (Å²) in [7, 11) is 0. The van der Waals surface area contributed by atoms with Crippen LogP contribution in [0.4, 0.5) is 0 Å². The van der Waals surface area contributed by atoms with Gasteiger partial charge in [0.05, 0.1) is 11.0 Å². The predicted molar refractivity (Wildman–Crippen MR) is 166 cm³/mol. The van der Waals surface area contributed by atoms with Gasteiger partial charge in [-0.05, 0) is 101 Å². The average molecular weight is 524 g/mol. The quantitative estimate of drug-likeness (QED) is 0.204. The number of hydrogen-bond acceptors (Lipinski definition) is 3. The molecular weight excluding hydrogens is 502 g/mol. The van der Waals surface area contributed by atoms with Crippen molar-refractivity contribution in [3.63, 3.8) is 0 Å². The van der Waals surface area contributed by atoms with Crippen LogP contribution in [-0.2, 0) is 6.42 Å². The highest BCUT2D eigenvalue weighted by molar-refractivity contribution is 6.15. The Balaban J connectivity index is 1.31. The van der Waals surface area contributed by atoms with Crippen LogP contribution in [0, 0.1) is 0 Å². The van der Waals surface area contributed by atoms with Crippen molar-refractivity contribution in [2.45, 2.75) is 6.42 Å². The van der Waals surface area contributed by atoms with Crippen molar-refractivity contribution in [3.05, 3.63) is 127 Å². The fourth-order valence-corrected chi connectivity index (χ4v) is 7.05. The molecule has 0 bridgehead atoms. The molecule has 0 saturated carbocycles. The first-order valence-corrected chi connectivity index (χ1v) is 13.9. The number of rotatable bonds is 1. The maximum Gasteiger partial charge on any atom is 0.166 e. The number of para-hydroxylation sites is 2. The summed E-state index contributed by atoms with van der Waals surface area (Å²) >= 11 is 0. The van der Waals surface area contributed by atoms with Crippen molar-refractivity contribution < 1.29 is 0 Å². The minimum absolute atomic E-state index is 0.841. The van der Waals surface area contributed by atoms with Crippen LogP contribution in [0.2, 0.25) is 0 Å². The van der Waals surface area contributed by atoms with Gasteiger partial charge in [-0.2, -0.15) is 0 Å². The summed E-state index contributed by atoms with van der Waals surface area (Å²) in [4.78, 5) is 14.5. The molecule has 10 rings (SSSR count). The third-order valence-corrected chi connectivity index (χ3v) is 8.77. The second kappa shape index (κ2) is 7.55. The summed E-state index contributed by atoms with van der Waals surface area (Å²) in [5.41, 5.74) is 12.5. The van der Waals surface area contributed by atoms with Crippen molar-refractivity contribution in [2.24, 2.45) is 0 Å². The number of fused-ring (bicyclic) bond motifs is 14. The monoisotopic (exact) mass is 523 g/mol. The van der Waals surface area contributed by atoms with E-state index < -0.39 is 0 Å². The first-order chi connectivity index (χ1) is 20.3. The van der Waals surface area contributed by atoms with Crippen LogP contribution >= 0.6 is 0 Å². The van der Waals surface area contributed by atoms with Crippen molar-refractivity contribution >= 4 is 60.4 Å². The van der Waals surface area contributed by atoms with E-state index in [0.29, 0.717) is 0 Å². The van der Waals surface area contributed by atoms with Gasteiger partial charge in [0.15, 0.2) is 5.65 Å². The number of imidazole rings is 1. The first kappa shape index (κ1) is 21.3. The maximum atomic E-state index is 5.04. The highest BCUT2D eigenvalue weighted by Gasteiger charge is 2.25. The molecule has 5 heteroatoms. The Kier molecular flexibility index (Phi) is 3.92. The molecule has 5 aromatic heterocycles. The zero-order chi connectivity index (χ0) is 26.7. The minimum atomic E-state index is 0.841. The maximum absolute atomic E-state index is 5.04. The molecule has 5 heterocycles. The van der Waals surface area contributed by atoms with E-state index in [9.17, 15) is 0 Å². The number of aromatic nitrogens is 5. The molecule has 0 atom stereocenters. The van der Waals surface area contributed by atoms with Crippen LogP contribution in [-0.4, -0.2) is 23.9 Å². The lowest BCUT2D eigenvalue weighted by Gasteiger charge is -2.11. The van der Waals surface area contributed by atoms with E-state index in [0.717, 1.165) is 39.7 Å². The third-order valence-electron chi connectivity index (χ3n) is 8.77. The average Bonchev–Trinajstić information content (AvgIpc) is 3.69. The molecule has 4 aromatic carbocycles. The summed E-state index contributed by atoms with van der Waals surface area (Å²) in [5.74, 6) is 0. The normalized spacial score (nSPS) is 12.8.